The summed E-state index contributed by atoms with van der Waals surface area (Å²) in [6.45, 7) is 0. The average molecular weight is 381 g/mol. The topological polar surface area (TPSA) is 55.1 Å². The molecule has 0 saturated heterocycles. The number of nitrogens with zero attached hydrogens (tertiary/aromatic N) is 1. The molecular formula is C22H21ClN2O2. The van der Waals surface area contributed by atoms with Crippen LogP contribution in [0.3, 0.4) is 0 Å². The van der Waals surface area contributed by atoms with Crippen LogP contribution >= 0.6 is 11.6 Å². The van der Waals surface area contributed by atoms with Crippen molar-refractivity contribution in [2.45, 2.75) is 31.7 Å². The number of nitrogens with one attached hydrogen (secondary N) is 1. The number of carbonyl (C=O) groups excluding carboxylic acids is 1. The van der Waals surface area contributed by atoms with Crippen molar-refractivity contribution in [2.24, 2.45) is 5.92 Å². The van der Waals surface area contributed by atoms with E-state index in [1.54, 1.807) is 6.20 Å². The lowest BCUT2D eigenvalue weighted by Crippen LogP contribution is -2.30. The predicted molar refractivity (Wildman–Crippen MR) is 105 cm³/mol. The minimum Gasteiger partial charge on any atom is -0.441 e. The van der Waals surface area contributed by atoms with Gasteiger partial charge in [-0.25, -0.2) is 4.98 Å². The lowest BCUT2D eigenvalue weighted by molar-refractivity contribution is -0.122. The van der Waals surface area contributed by atoms with Crippen LogP contribution in [0.1, 0.15) is 36.8 Å². The molecule has 4 nitrogen and oxygen atoms in total. The number of benzene rings is 2. The number of oxazole rings is 1. The van der Waals surface area contributed by atoms with Crippen LogP contribution in [0.15, 0.2) is 65.2 Å². The molecule has 1 amide bonds. The first-order chi connectivity index (χ1) is 13.2. The lowest BCUT2D eigenvalue weighted by Gasteiger charge is -2.18. The van der Waals surface area contributed by atoms with Crippen molar-refractivity contribution in [3.05, 3.63) is 77.3 Å². The van der Waals surface area contributed by atoms with Crippen molar-refractivity contribution >= 4 is 17.5 Å². The summed E-state index contributed by atoms with van der Waals surface area (Å²) in [5.41, 5.74) is 2.09. The van der Waals surface area contributed by atoms with Crippen molar-refractivity contribution in [1.82, 2.24) is 10.3 Å². The van der Waals surface area contributed by atoms with Crippen molar-refractivity contribution < 1.29 is 9.21 Å². The molecule has 1 aromatic heterocycles. The highest BCUT2D eigenvalue weighted by molar-refractivity contribution is 6.30. The molecule has 1 aliphatic carbocycles. The Morgan fingerprint density at radius 1 is 1.15 bits per heavy atom. The van der Waals surface area contributed by atoms with Gasteiger partial charge in [0.2, 0.25) is 5.91 Å². The van der Waals surface area contributed by atoms with E-state index < -0.39 is 0 Å². The van der Waals surface area contributed by atoms with Crippen LogP contribution in [0.4, 0.5) is 0 Å². The van der Waals surface area contributed by atoms with Gasteiger partial charge in [0.25, 0.3) is 0 Å². The zero-order valence-electron chi connectivity index (χ0n) is 14.9. The van der Waals surface area contributed by atoms with E-state index in [-0.39, 0.29) is 11.9 Å². The Kier molecular flexibility index (Phi) is 5.26. The number of aryl methyl sites for hydroxylation is 1. The first-order valence-corrected chi connectivity index (χ1v) is 9.62. The summed E-state index contributed by atoms with van der Waals surface area (Å²) in [5.74, 6) is 1.84. The maximum atomic E-state index is 12.5. The lowest BCUT2D eigenvalue weighted by atomic mass is 10.0. The third-order valence-corrected chi connectivity index (χ3v) is 5.07. The molecule has 5 heteroatoms. The summed E-state index contributed by atoms with van der Waals surface area (Å²) < 4.78 is 5.78. The maximum absolute atomic E-state index is 12.5. The van der Waals surface area contributed by atoms with Gasteiger partial charge in [-0.05, 0) is 36.5 Å². The maximum Gasteiger partial charge on any atom is 0.221 e. The summed E-state index contributed by atoms with van der Waals surface area (Å²) in [4.78, 5) is 16.8. The van der Waals surface area contributed by atoms with E-state index in [9.17, 15) is 4.79 Å². The number of hydrogen-bond donors (Lipinski definition) is 1. The highest BCUT2D eigenvalue weighted by Crippen LogP contribution is 2.41. The van der Waals surface area contributed by atoms with Gasteiger partial charge in [-0.1, -0.05) is 54.1 Å². The van der Waals surface area contributed by atoms with E-state index in [1.165, 1.54) is 0 Å². The molecule has 27 heavy (non-hydrogen) atoms. The van der Waals surface area contributed by atoms with Crippen LogP contribution in [0.5, 0.6) is 0 Å². The molecule has 1 atom stereocenters. The van der Waals surface area contributed by atoms with E-state index in [0.717, 1.165) is 29.7 Å². The van der Waals surface area contributed by atoms with E-state index in [0.29, 0.717) is 29.7 Å². The Morgan fingerprint density at radius 2 is 1.89 bits per heavy atom. The molecule has 0 bridgehead atoms. The van der Waals surface area contributed by atoms with Gasteiger partial charge in [-0.3, -0.25) is 4.79 Å². The third-order valence-electron chi connectivity index (χ3n) is 4.82. The minimum atomic E-state index is 0.0151. The van der Waals surface area contributed by atoms with E-state index in [4.69, 9.17) is 16.0 Å². The second-order valence-corrected chi connectivity index (χ2v) is 7.35. The van der Waals surface area contributed by atoms with Crippen LogP contribution in [0.2, 0.25) is 5.02 Å². The molecule has 2 aromatic carbocycles. The van der Waals surface area contributed by atoms with Crippen molar-refractivity contribution in [1.29, 1.82) is 0 Å². The largest absolute Gasteiger partial charge is 0.441 e. The van der Waals surface area contributed by atoms with Gasteiger partial charge in [-0.15, -0.1) is 0 Å². The molecule has 0 spiro atoms. The summed E-state index contributed by atoms with van der Waals surface area (Å²) in [6.07, 6.45) is 4.84. The highest BCUT2D eigenvalue weighted by atomic mass is 35.5. The number of carbonyl (C=O) groups is 1. The molecule has 3 aromatic rings. The molecule has 0 radical (unpaired) electrons. The molecule has 0 aliphatic heterocycles. The molecule has 1 unspecified atom stereocenters. The Morgan fingerprint density at radius 3 is 2.59 bits per heavy atom. The average Bonchev–Trinajstić information content (AvgIpc) is 3.43. The zero-order valence-corrected chi connectivity index (χ0v) is 15.7. The third kappa shape index (κ3) is 4.58. The van der Waals surface area contributed by atoms with Gasteiger partial charge in [0.15, 0.2) is 11.7 Å². The fraction of sp³-hybridized carbons (Fsp3) is 0.273. The van der Waals surface area contributed by atoms with Crippen molar-refractivity contribution in [3.8, 4) is 11.3 Å². The first kappa shape index (κ1) is 17.8. The second-order valence-electron chi connectivity index (χ2n) is 6.92. The predicted octanol–water partition coefficient (Wildman–Crippen LogP) is 5.20. The van der Waals surface area contributed by atoms with Crippen LogP contribution in [-0.4, -0.2) is 10.9 Å². The van der Waals surface area contributed by atoms with E-state index >= 15 is 0 Å². The van der Waals surface area contributed by atoms with Crippen molar-refractivity contribution in [2.75, 3.05) is 0 Å². The monoisotopic (exact) mass is 380 g/mol. The van der Waals surface area contributed by atoms with Crippen LogP contribution in [-0.2, 0) is 11.2 Å². The normalized spacial score (nSPS) is 14.7. The second kappa shape index (κ2) is 7.97. The first-order valence-electron chi connectivity index (χ1n) is 9.24. The summed E-state index contributed by atoms with van der Waals surface area (Å²) in [7, 11) is 0. The summed E-state index contributed by atoms with van der Waals surface area (Å²) in [6, 6.07) is 17.6. The van der Waals surface area contributed by atoms with E-state index in [1.807, 2.05) is 54.6 Å². The van der Waals surface area contributed by atoms with Gasteiger partial charge in [-0.2, -0.15) is 0 Å². The number of rotatable bonds is 7. The van der Waals surface area contributed by atoms with Crippen molar-refractivity contribution in [3.63, 3.8) is 0 Å². The molecule has 1 saturated carbocycles. The fourth-order valence-corrected chi connectivity index (χ4v) is 3.33. The van der Waals surface area contributed by atoms with Gasteiger partial charge in [0.05, 0.1) is 12.2 Å². The van der Waals surface area contributed by atoms with Gasteiger partial charge < -0.3 is 9.73 Å². The molecule has 1 N–H and O–H groups in total. The zero-order chi connectivity index (χ0) is 18.6. The van der Waals surface area contributed by atoms with Crippen LogP contribution < -0.4 is 5.32 Å². The molecule has 4 rings (SSSR count). The number of aromatic nitrogens is 1. The number of amides is 1. The Labute approximate surface area is 163 Å². The van der Waals surface area contributed by atoms with Crippen LogP contribution in [0, 0.1) is 5.92 Å². The molecular weight excluding hydrogens is 360 g/mol. The Bertz CT molecular complexity index is 902. The molecule has 1 fully saturated rings. The molecule has 138 valence electrons. The van der Waals surface area contributed by atoms with Gasteiger partial charge in [0, 0.05) is 23.4 Å². The minimum absolute atomic E-state index is 0.0151. The highest BCUT2D eigenvalue weighted by Gasteiger charge is 2.33. The number of halogens is 1. The summed E-state index contributed by atoms with van der Waals surface area (Å²) >= 11 is 5.98. The van der Waals surface area contributed by atoms with Crippen LogP contribution in [0.25, 0.3) is 11.3 Å². The molecule has 1 aliphatic rings. The standard InChI is InChI=1S/C22H21ClN2O2/c23-18-10-8-17(9-11-18)22(16-6-7-16)25-20(26)12-13-21-24-14-19(27-21)15-4-2-1-3-5-15/h1-5,8-11,14,16,22H,6-7,12-13H2,(H,25,26). The van der Waals surface area contributed by atoms with E-state index in [2.05, 4.69) is 10.3 Å². The molecule has 1 heterocycles. The summed E-state index contributed by atoms with van der Waals surface area (Å²) in [5, 5.41) is 3.88. The Hall–Kier alpha value is -2.59. The fourth-order valence-electron chi connectivity index (χ4n) is 3.20. The quantitative estimate of drug-likeness (QED) is 0.613. The number of hydrogen-bond acceptors (Lipinski definition) is 3. The SMILES string of the molecule is O=C(CCc1ncc(-c2ccccc2)o1)NC(c1ccc(Cl)cc1)C1CC1. The van der Waals surface area contributed by atoms with Gasteiger partial charge >= 0.3 is 0 Å². The smallest absolute Gasteiger partial charge is 0.221 e. The van der Waals surface area contributed by atoms with Gasteiger partial charge in [0.1, 0.15) is 0 Å². The Balaban J connectivity index is 1.35.